The Morgan fingerprint density at radius 2 is 1.91 bits per heavy atom. The van der Waals surface area contributed by atoms with Gasteiger partial charge >= 0.3 is 6.09 Å². The summed E-state index contributed by atoms with van der Waals surface area (Å²) in [5.74, 6) is 0.896. The largest absolute Gasteiger partial charge is 0.485 e. The van der Waals surface area contributed by atoms with Gasteiger partial charge in [0, 0.05) is 42.5 Å². The molecule has 1 atom stereocenters. The average molecular weight is 462 g/mol. The number of nitrogen functional groups attached to an aromatic ring is 1. The van der Waals surface area contributed by atoms with Crippen molar-refractivity contribution in [1.29, 1.82) is 0 Å². The molecule has 1 amide bonds. The first-order valence-electron chi connectivity index (χ1n) is 11.7. The maximum absolute atomic E-state index is 12.6. The summed E-state index contributed by atoms with van der Waals surface area (Å²) in [5.41, 5.74) is 9.41. The number of hydrogen-bond acceptors (Lipinski definition) is 6. The van der Waals surface area contributed by atoms with Crippen LogP contribution in [-0.4, -0.2) is 44.4 Å². The summed E-state index contributed by atoms with van der Waals surface area (Å²) in [6.07, 6.45) is 3.37. The van der Waals surface area contributed by atoms with Crippen LogP contribution in [0.25, 0.3) is 11.3 Å². The highest BCUT2D eigenvalue weighted by Crippen LogP contribution is 2.44. The third-order valence-electron chi connectivity index (χ3n) is 6.55. The number of pyridine rings is 1. The summed E-state index contributed by atoms with van der Waals surface area (Å²) in [5, 5.41) is 4.84. The Morgan fingerprint density at radius 1 is 1.15 bits per heavy atom. The number of benzene rings is 1. The van der Waals surface area contributed by atoms with Gasteiger partial charge in [-0.25, -0.2) is 9.78 Å². The number of carbonyl (C=O) groups excluding carboxylic acids is 1. The number of carbonyl (C=O) groups is 1. The van der Waals surface area contributed by atoms with Crippen molar-refractivity contribution in [3.8, 4) is 17.0 Å². The number of anilines is 1. The lowest BCUT2D eigenvalue weighted by atomic mass is 9.82. The van der Waals surface area contributed by atoms with Gasteiger partial charge in [-0.15, -0.1) is 0 Å². The number of rotatable bonds is 4. The molecule has 1 aromatic carbocycles. The van der Waals surface area contributed by atoms with E-state index < -0.39 is 5.60 Å². The van der Waals surface area contributed by atoms with Crippen LogP contribution in [0.2, 0.25) is 0 Å². The van der Waals surface area contributed by atoms with Gasteiger partial charge in [0.1, 0.15) is 12.2 Å². The summed E-state index contributed by atoms with van der Waals surface area (Å²) in [6, 6.07) is 14.0. The molecule has 178 valence electrons. The Hall–Kier alpha value is -3.55. The minimum atomic E-state index is -0.500. The molecule has 1 saturated heterocycles. The van der Waals surface area contributed by atoms with E-state index in [2.05, 4.69) is 15.7 Å². The zero-order chi connectivity index (χ0) is 23.9. The van der Waals surface area contributed by atoms with Crippen molar-refractivity contribution < 1.29 is 14.3 Å². The molecule has 0 bridgehead atoms. The van der Waals surface area contributed by atoms with Crippen molar-refractivity contribution in [3.63, 3.8) is 0 Å². The molecule has 0 radical (unpaired) electrons. The molecular weight excluding hydrogens is 430 g/mol. The van der Waals surface area contributed by atoms with Crippen LogP contribution < -0.4 is 10.5 Å². The fourth-order valence-corrected chi connectivity index (χ4v) is 4.82. The maximum Gasteiger partial charge on any atom is 0.410 e. The van der Waals surface area contributed by atoms with Gasteiger partial charge in [-0.05, 0) is 51.3 Å². The first kappa shape index (κ1) is 22.3. The van der Waals surface area contributed by atoms with E-state index in [1.807, 2.05) is 62.1 Å². The fourth-order valence-electron chi connectivity index (χ4n) is 4.82. The van der Waals surface area contributed by atoms with E-state index >= 15 is 0 Å². The Morgan fingerprint density at radius 3 is 2.68 bits per heavy atom. The minimum absolute atomic E-state index is 0.0873. The molecule has 8 nitrogen and oxygen atoms in total. The first-order valence-corrected chi connectivity index (χ1v) is 11.7. The summed E-state index contributed by atoms with van der Waals surface area (Å²) in [7, 11) is 0. The summed E-state index contributed by atoms with van der Waals surface area (Å²) in [6.45, 7) is 8.27. The molecule has 2 aliphatic heterocycles. The molecule has 0 aliphatic carbocycles. The van der Waals surface area contributed by atoms with Crippen molar-refractivity contribution >= 4 is 11.9 Å². The molecule has 2 aliphatic rings. The Bertz CT molecular complexity index is 1200. The molecular formula is C26H31N5O3. The van der Waals surface area contributed by atoms with E-state index in [-0.39, 0.29) is 11.5 Å². The third kappa shape index (κ3) is 4.32. The van der Waals surface area contributed by atoms with Crippen molar-refractivity contribution in [1.82, 2.24) is 19.7 Å². The number of hydrogen-bond donors (Lipinski definition) is 1. The normalized spacial score (nSPS) is 19.4. The van der Waals surface area contributed by atoms with Gasteiger partial charge in [0.2, 0.25) is 0 Å². The van der Waals surface area contributed by atoms with Crippen LogP contribution in [0, 0.1) is 0 Å². The van der Waals surface area contributed by atoms with E-state index in [0.717, 1.165) is 41.9 Å². The molecule has 0 saturated carbocycles. The van der Waals surface area contributed by atoms with Crippen LogP contribution in [0.5, 0.6) is 5.75 Å². The Labute approximate surface area is 199 Å². The van der Waals surface area contributed by atoms with Gasteiger partial charge in [0.25, 0.3) is 0 Å². The highest BCUT2D eigenvalue weighted by molar-refractivity contribution is 5.69. The van der Waals surface area contributed by atoms with Gasteiger partial charge in [-0.2, -0.15) is 5.10 Å². The molecule has 8 heteroatoms. The number of aryl methyl sites for hydroxylation is 1. The van der Waals surface area contributed by atoms with Gasteiger partial charge in [0.05, 0.1) is 5.69 Å². The highest BCUT2D eigenvalue weighted by atomic mass is 16.6. The van der Waals surface area contributed by atoms with Crippen molar-refractivity contribution in [3.05, 3.63) is 59.9 Å². The number of nitrogens with two attached hydrogens (primary N) is 1. The molecule has 2 aromatic heterocycles. The predicted molar refractivity (Wildman–Crippen MR) is 129 cm³/mol. The van der Waals surface area contributed by atoms with Crippen molar-refractivity contribution in [2.45, 2.75) is 57.8 Å². The number of likely N-dealkylation sites (tertiary alicyclic amines) is 1. The number of fused-ring (bicyclic) bond motifs is 2. The van der Waals surface area contributed by atoms with Crippen LogP contribution in [0.4, 0.5) is 10.6 Å². The second-order valence-corrected chi connectivity index (χ2v) is 10.2. The predicted octanol–water partition coefficient (Wildman–Crippen LogP) is 4.39. The zero-order valence-corrected chi connectivity index (χ0v) is 20.0. The highest BCUT2D eigenvalue weighted by Gasteiger charge is 2.47. The van der Waals surface area contributed by atoms with Crippen LogP contribution in [0.15, 0.2) is 48.7 Å². The fraction of sp³-hybridized carbons (Fsp3) is 0.423. The van der Waals surface area contributed by atoms with Crippen LogP contribution in [0.3, 0.4) is 0 Å². The number of nitrogens with zero attached hydrogens (tertiary/aromatic N) is 4. The zero-order valence-electron chi connectivity index (χ0n) is 20.0. The average Bonchev–Trinajstić information content (AvgIpc) is 3.50. The monoisotopic (exact) mass is 461 g/mol. The molecule has 3 aromatic rings. The van der Waals surface area contributed by atoms with Gasteiger partial charge in [-0.3, -0.25) is 4.68 Å². The second kappa shape index (κ2) is 8.34. The lowest BCUT2D eigenvalue weighted by Crippen LogP contribution is -2.37. The minimum Gasteiger partial charge on any atom is -0.485 e. The Kier molecular flexibility index (Phi) is 5.46. The molecule has 2 N–H and O–H groups in total. The smallest absolute Gasteiger partial charge is 0.410 e. The molecule has 1 fully saturated rings. The number of ether oxygens (including phenoxy) is 2. The Balaban J connectivity index is 1.34. The van der Waals surface area contributed by atoms with E-state index in [1.54, 1.807) is 6.20 Å². The number of aromatic nitrogens is 3. The summed E-state index contributed by atoms with van der Waals surface area (Å²) in [4.78, 5) is 18.8. The quantitative estimate of drug-likeness (QED) is 0.619. The standard InChI is InChI=1S/C26H31N5O3/c1-25(2,3)34-24(32)30-11-9-26(17-30)10-12-31-22(26)14-20(29-31)19-13-21(23(27)28-15-19)33-16-18-7-5-4-6-8-18/h4-8,13-15H,9-12,16-17H2,1-3H3,(H2,27,28)/t26-/m1/s1. The van der Waals surface area contributed by atoms with E-state index in [4.69, 9.17) is 20.3 Å². The van der Waals surface area contributed by atoms with E-state index in [1.165, 1.54) is 0 Å². The second-order valence-electron chi connectivity index (χ2n) is 10.2. The molecule has 4 heterocycles. The van der Waals surface area contributed by atoms with Crippen LogP contribution >= 0.6 is 0 Å². The maximum atomic E-state index is 12.6. The van der Waals surface area contributed by atoms with E-state index in [9.17, 15) is 4.79 Å². The van der Waals surface area contributed by atoms with Gasteiger partial charge in [-0.1, -0.05) is 30.3 Å². The molecule has 34 heavy (non-hydrogen) atoms. The SMILES string of the molecule is CC(C)(C)OC(=O)N1CC[C@@]2(CCn3nc(-c4cnc(N)c(OCc5ccccc5)c4)cc32)C1. The van der Waals surface area contributed by atoms with Gasteiger partial charge in [0.15, 0.2) is 11.6 Å². The summed E-state index contributed by atoms with van der Waals surface area (Å²) < 4.78 is 13.6. The third-order valence-corrected chi connectivity index (χ3v) is 6.55. The molecule has 1 spiro atoms. The molecule has 5 rings (SSSR count). The van der Waals surface area contributed by atoms with Crippen molar-refractivity contribution in [2.24, 2.45) is 0 Å². The van der Waals surface area contributed by atoms with Crippen LogP contribution in [-0.2, 0) is 23.3 Å². The lowest BCUT2D eigenvalue weighted by molar-refractivity contribution is 0.0284. The molecule has 0 unspecified atom stereocenters. The van der Waals surface area contributed by atoms with E-state index in [0.29, 0.717) is 31.3 Å². The number of amides is 1. The van der Waals surface area contributed by atoms with Gasteiger partial charge < -0.3 is 20.1 Å². The summed E-state index contributed by atoms with van der Waals surface area (Å²) >= 11 is 0. The van der Waals surface area contributed by atoms with Crippen LogP contribution in [0.1, 0.15) is 44.9 Å². The first-order chi connectivity index (χ1) is 16.2. The van der Waals surface area contributed by atoms with Crippen molar-refractivity contribution in [2.75, 3.05) is 18.8 Å². The topological polar surface area (TPSA) is 95.5 Å². The lowest BCUT2D eigenvalue weighted by Gasteiger charge is -2.26.